The van der Waals surface area contributed by atoms with Gasteiger partial charge in [-0.3, -0.25) is 0 Å². The summed E-state index contributed by atoms with van der Waals surface area (Å²) in [6.45, 7) is 1.40. The Morgan fingerprint density at radius 2 is 0.889 bits per heavy atom. The van der Waals surface area contributed by atoms with Gasteiger partial charge in [0.1, 0.15) is 0 Å². The van der Waals surface area contributed by atoms with E-state index in [2.05, 4.69) is 48.5 Å². The first-order chi connectivity index (χ1) is 8.83. The number of nitrogens with two attached hydrogens (primary N) is 2. The first kappa shape index (κ1) is 12.8. The highest BCUT2D eigenvalue weighted by Gasteiger charge is 1.98. The van der Waals surface area contributed by atoms with Crippen LogP contribution in [0.5, 0.6) is 0 Å². The van der Waals surface area contributed by atoms with E-state index in [1.165, 1.54) is 22.3 Å². The molecule has 2 nitrogen and oxygen atoms in total. The summed E-state index contributed by atoms with van der Waals surface area (Å²) in [4.78, 5) is 0. The summed E-state index contributed by atoms with van der Waals surface area (Å²) in [5.74, 6) is 0. The van der Waals surface area contributed by atoms with Crippen LogP contribution in [0.15, 0.2) is 48.5 Å². The summed E-state index contributed by atoms with van der Waals surface area (Å²) < 4.78 is 0. The zero-order valence-corrected chi connectivity index (χ0v) is 10.6. The molecular formula is C16H20N2. The molecule has 0 fully saturated rings. The highest BCUT2D eigenvalue weighted by molar-refractivity contribution is 5.63. The third-order valence-electron chi connectivity index (χ3n) is 3.11. The third-order valence-corrected chi connectivity index (χ3v) is 3.11. The molecule has 18 heavy (non-hydrogen) atoms. The van der Waals surface area contributed by atoms with E-state index in [0.29, 0.717) is 13.1 Å². The lowest BCUT2D eigenvalue weighted by Gasteiger charge is -2.05. The Hall–Kier alpha value is -1.64. The largest absolute Gasteiger partial charge is 0.330 e. The third kappa shape index (κ3) is 3.19. The van der Waals surface area contributed by atoms with Gasteiger partial charge in [-0.15, -0.1) is 0 Å². The second kappa shape index (κ2) is 6.34. The van der Waals surface area contributed by atoms with Crippen LogP contribution in [0.2, 0.25) is 0 Å². The second-order valence-corrected chi connectivity index (χ2v) is 4.47. The SMILES string of the molecule is NCCc1ccc(-c2ccc(CCN)cc2)cc1. The van der Waals surface area contributed by atoms with Crippen molar-refractivity contribution in [1.82, 2.24) is 0 Å². The van der Waals surface area contributed by atoms with Gasteiger partial charge in [-0.2, -0.15) is 0 Å². The zero-order valence-electron chi connectivity index (χ0n) is 10.6. The van der Waals surface area contributed by atoms with Gasteiger partial charge in [-0.25, -0.2) is 0 Å². The summed E-state index contributed by atoms with van der Waals surface area (Å²) in [6.07, 6.45) is 1.88. The average molecular weight is 240 g/mol. The summed E-state index contributed by atoms with van der Waals surface area (Å²) in [7, 11) is 0. The molecule has 0 aromatic heterocycles. The van der Waals surface area contributed by atoms with E-state index >= 15 is 0 Å². The quantitative estimate of drug-likeness (QED) is 0.843. The van der Waals surface area contributed by atoms with E-state index in [0.717, 1.165) is 12.8 Å². The fourth-order valence-electron chi connectivity index (χ4n) is 2.06. The summed E-state index contributed by atoms with van der Waals surface area (Å²) in [5, 5.41) is 0. The predicted molar refractivity (Wildman–Crippen MR) is 77.4 cm³/mol. The molecule has 0 heterocycles. The van der Waals surface area contributed by atoms with Crippen molar-refractivity contribution >= 4 is 0 Å². The lowest BCUT2D eigenvalue weighted by atomic mass is 10.0. The molecule has 2 aromatic carbocycles. The molecule has 0 unspecified atom stereocenters. The highest BCUT2D eigenvalue weighted by Crippen LogP contribution is 2.20. The van der Waals surface area contributed by atoms with Gasteiger partial charge < -0.3 is 11.5 Å². The summed E-state index contributed by atoms with van der Waals surface area (Å²) in [5.41, 5.74) is 16.2. The van der Waals surface area contributed by atoms with E-state index < -0.39 is 0 Å². The van der Waals surface area contributed by atoms with Crippen molar-refractivity contribution in [1.29, 1.82) is 0 Å². The van der Waals surface area contributed by atoms with Gasteiger partial charge in [0.05, 0.1) is 0 Å². The van der Waals surface area contributed by atoms with Crippen LogP contribution >= 0.6 is 0 Å². The maximum absolute atomic E-state index is 5.54. The standard InChI is InChI=1S/C16H20N2/c17-11-9-13-1-5-15(6-2-13)16-7-3-14(4-8-16)10-12-18/h1-8H,9-12,17-18H2. The predicted octanol–water partition coefficient (Wildman–Crippen LogP) is 2.36. The normalized spacial score (nSPS) is 10.6. The Morgan fingerprint density at radius 3 is 1.17 bits per heavy atom. The van der Waals surface area contributed by atoms with Crippen LogP contribution in [-0.4, -0.2) is 13.1 Å². The minimum Gasteiger partial charge on any atom is -0.330 e. The van der Waals surface area contributed by atoms with E-state index in [1.54, 1.807) is 0 Å². The molecule has 2 aromatic rings. The minimum atomic E-state index is 0.702. The molecular weight excluding hydrogens is 220 g/mol. The first-order valence-corrected chi connectivity index (χ1v) is 6.42. The van der Waals surface area contributed by atoms with Crippen LogP contribution in [0.3, 0.4) is 0 Å². The van der Waals surface area contributed by atoms with Crippen LogP contribution in [0.1, 0.15) is 11.1 Å². The average Bonchev–Trinajstić information content (AvgIpc) is 2.41. The van der Waals surface area contributed by atoms with Gasteiger partial charge in [0.15, 0.2) is 0 Å². The zero-order chi connectivity index (χ0) is 12.8. The summed E-state index contributed by atoms with van der Waals surface area (Å²) in [6, 6.07) is 17.2. The minimum absolute atomic E-state index is 0.702. The van der Waals surface area contributed by atoms with E-state index in [1.807, 2.05) is 0 Å². The molecule has 0 aliphatic heterocycles. The van der Waals surface area contributed by atoms with Gasteiger partial charge >= 0.3 is 0 Å². The van der Waals surface area contributed by atoms with E-state index in [4.69, 9.17) is 11.5 Å². The van der Waals surface area contributed by atoms with Gasteiger partial charge in [0, 0.05) is 0 Å². The monoisotopic (exact) mass is 240 g/mol. The van der Waals surface area contributed by atoms with Crippen molar-refractivity contribution in [2.45, 2.75) is 12.8 Å². The van der Waals surface area contributed by atoms with Crippen LogP contribution in [0, 0.1) is 0 Å². The maximum Gasteiger partial charge on any atom is -0.00367 e. The Labute approximate surface area is 109 Å². The van der Waals surface area contributed by atoms with Crippen molar-refractivity contribution in [2.24, 2.45) is 11.5 Å². The number of hydrogen-bond donors (Lipinski definition) is 2. The van der Waals surface area contributed by atoms with Crippen molar-refractivity contribution in [3.05, 3.63) is 59.7 Å². The molecule has 0 saturated heterocycles. The highest BCUT2D eigenvalue weighted by atomic mass is 14.5. The van der Waals surface area contributed by atoms with Crippen LogP contribution in [-0.2, 0) is 12.8 Å². The molecule has 0 aliphatic rings. The maximum atomic E-state index is 5.54. The topological polar surface area (TPSA) is 52.0 Å². The number of benzene rings is 2. The van der Waals surface area contributed by atoms with Crippen molar-refractivity contribution in [3.63, 3.8) is 0 Å². The van der Waals surface area contributed by atoms with Crippen LogP contribution in [0.25, 0.3) is 11.1 Å². The molecule has 94 valence electrons. The molecule has 0 atom stereocenters. The lowest BCUT2D eigenvalue weighted by Crippen LogP contribution is -2.02. The molecule has 0 aliphatic carbocycles. The molecule has 2 rings (SSSR count). The fourth-order valence-corrected chi connectivity index (χ4v) is 2.06. The molecule has 0 bridgehead atoms. The first-order valence-electron chi connectivity index (χ1n) is 6.42. The molecule has 0 radical (unpaired) electrons. The Morgan fingerprint density at radius 1 is 0.556 bits per heavy atom. The fraction of sp³-hybridized carbons (Fsp3) is 0.250. The molecule has 0 amide bonds. The van der Waals surface area contributed by atoms with Crippen LogP contribution in [0.4, 0.5) is 0 Å². The van der Waals surface area contributed by atoms with Crippen LogP contribution < -0.4 is 11.5 Å². The smallest absolute Gasteiger partial charge is 0.00367 e. The second-order valence-electron chi connectivity index (χ2n) is 4.47. The lowest BCUT2D eigenvalue weighted by molar-refractivity contribution is 0.968. The van der Waals surface area contributed by atoms with Crippen molar-refractivity contribution in [2.75, 3.05) is 13.1 Å². The Kier molecular flexibility index (Phi) is 4.51. The molecule has 2 heteroatoms. The van der Waals surface area contributed by atoms with Gasteiger partial charge in [-0.1, -0.05) is 48.5 Å². The molecule has 0 saturated carbocycles. The van der Waals surface area contributed by atoms with Crippen molar-refractivity contribution < 1.29 is 0 Å². The van der Waals surface area contributed by atoms with E-state index in [9.17, 15) is 0 Å². The number of hydrogen-bond acceptors (Lipinski definition) is 2. The van der Waals surface area contributed by atoms with Gasteiger partial charge in [-0.05, 0) is 48.2 Å². The Bertz CT molecular complexity index is 424. The molecule has 4 N–H and O–H groups in total. The molecule has 0 spiro atoms. The summed E-state index contributed by atoms with van der Waals surface area (Å²) >= 11 is 0. The van der Waals surface area contributed by atoms with Gasteiger partial charge in [0.25, 0.3) is 0 Å². The van der Waals surface area contributed by atoms with E-state index in [-0.39, 0.29) is 0 Å². The van der Waals surface area contributed by atoms with Crippen molar-refractivity contribution in [3.8, 4) is 11.1 Å². The number of rotatable bonds is 5. The Balaban J connectivity index is 2.15. The van der Waals surface area contributed by atoms with Gasteiger partial charge in [0.2, 0.25) is 0 Å².